The molecule has 38 heavy (non-hydrogen) atoms. The maximum absolute atomic E-state index is 15.0. The molecule has 1 aromatic heterocycles. The summed E-state index contributed by atoms with van der Waals surface area (Å²) < 4.78 is 40.0. The summed E-state index contributed by atoms with van der Waals surface area (Å²) >= 11 is 0. The number of aromatic nitrogens is 2. The Morgan fingerprint density at radius 1 is 1.13 bits per heavy atom. The number of halogens is 1. The van der Waals surface area contributed by atoms with Gasteiger partial charge in [0.25, 0.3) is 0 Å². The molecule has 2 atom stereocenters. The minimum atomic E-state index is -0.440. The van der Waals surface area contributed by atoms with Crippen molar-refractivity contribution < 1.29 is 28.1 Å². The number of methoxy groups -OCH3 is 1. The highest BCUT2D eigenvalue weighted by atomic mass is 19.1. The van der Waals surface area contributed by atoms with Gasteiger partial charge in [0.05, 0.1) is 20.1 Å². The molecule has 0 fully saturated rings. The quantitative estimate of drug-likeness (QED) is 0.277. The summed E-state index contributed by atoms with van der Waals surface area (Å²) in [6, 6.07) is 16.4. The van der Waals surface area contributed by atoms with Crippen LogP contribution in [0.15, 0.2) is 67.0 Å². The van der Waals surface area contributed by atoms with Gasteiger partial charge in [-0.2, -0.15) is 0 Å². The van der Waals surface area contributed by atoms with Crippen molar-refractivity contribution in [3.05, 3.63) is 89.5 Å². The van der Waals surface area contributed by atoms with E-state index in [1.165, 1.54) is 13.2 Å². The van der Waals surface area contributed by atoms with Crippen molar-refractivity contribution in [1.82, 2.24) is 9.55 Å². The first-order valence-corrected chi connectivity index (χ1v) is 12.6. The van der Waals surface area contributed by atoms with Crippen LogP contribution in [-0.4, -0.2) is 29.2 Å². The monoisotopic (exact) mass is 514 g/mol. The molecular weight excluding hydrogens is 487 g/mol. The molecule has 0 saturated heterocycles. The van der Waals surface area contributed by atoms with Gasteiger partial charge in [-0.25, -0.2) is 9.37 Å². The zero-order valence-corrected chi connectivity index (χ0v) is 21.1. The van der Waals surface area contributed by atoms with Gasteiger partial charge in [-0.3, -0.25) is 4.79 Å². The highest BCUT2D eigenvalue weighted by Gasteiger charge is 2.32. The van der Waals surface area contributed by atoms with Gasteiger partial charge >= 0.3 is 5.97 Å². The van der Waals surface area contributed by atoms with E-state index in [2.05, 4.69) is 4.98 Å². The number of fused-ring (bicyclic) bond motifs is 2. The summed E-state index contributed by atoms with van der Waals surface area (Å²) in [6.45, 7) is 0.415. The number of hydrogen-bond acceptors (Lipinski definition) is 6. The smallest absolute Gasteiger partial charge is 0.306 e. The van der Waals surface area contributed by atoms with Crippen LogP contribution >= 0.6 is 0 Å². The molecule has 6 rings (SSSR count). The number of carbonyl (C=O) groups excluding carboxylic acids is 1. The maximum Gasteiger partial charge on any atom is 0.306 e. The summed E-state index contributed by atoms with van der Waals surface area (Å²) in [5, 5.41) is 0. The van der Waals surface area contributed by atoms with Crippen LogP contribution in [0, 0.1) is 5.82 Å². The molecule has 2 aliphatic rings. The molecule has 0 N–H and O–H groups in total. The lowest BCUT2D eigenvalue weighted by atomic mass is 9.98. The number of imidazole rings is 1. The number of rotatable bonds is 7. The number of carbonyl (C=O) groups is 1. The van der Waals surface area contributed by atoms with Crippen molar-refractivity contribution in [1.29, 1.82) is 0 Å². The van der Waals surface area contributed by atoms with Crippen LogP contribution in [0.5, 0.6) is 23.0 Å². The molecule has 3 aromatic carbocycles. The van der Waals surface area contributed by atoms with E-state index in [9.17, 15) is 4.79 Å². The zero-order chi connectivity index (χ0) is 26.2. The van der Waals surface area contributed by atoms with E-state index in [1.54, 1.807) is 12.3 Å². The predicted octanol–water partition coefficient (Wildman–Crippen LogP) is 6.12. The summed E-state index contributed by atoms with van der Waals surface area (Å²) in [5.74, 6) is 2.81. The molecular formula is C30H27FN2O5. The predicted molar refractivity (Wildman–Crippen MR) is 138 cm³/mol. The maximum atomic E-state index is 15.0. The van der Waals surface area contributed by atoms with Gasteiger partial charge in [0, 0.05) is 53.7 Å². The molecule has 1 aliphatic carbocycles. The van der Waals surface area contributed by atoms with Crippen molar-refractivity contribution in [2.24, 2.45) is 7.05 Å². The van der Waals surface area contributed by atoms with Crippen molar-refractivity contribution in [2.45, 2.75) is 31.3 Å². The standard InChI is InChI=1S/C30H27FN2O5/c1-33-14-13-32-30(33)18-3-5-20(6-4-18)37-25-12-10-24(31)29-23(25)9-11-26(29)38-21-7-8-22-19(15-28(34)35-2)17-36-27(22)16-21/h3-8,10,12-14,16,19,26H,9,11,15,17H2,1-2H3/t19-,26-/m1/s1. The second-order valence-electron chi connectivity index (χ2n) is 9.56. The van der Waals surface area contributed by atoms with Gasteiger partial charge in [0.2, 0.25) is 0 Å². The van der Waals surface area contributed by atoms with Crippen LogP contribution in [0.3, 0.4) is 0 Å². The highest BCUT2D eigenvalue weighted by Crippen LogP contribution is 2.44. The van der Waals surface area contributed by atoms with Gasteiger partial charge in [0.1, 0.15) is 40.7 Å². The van der Waals surface area contributed by atoms with Crippen LogP contribution in [0.2, 0.25) is 0 Å². The molecule has 0 unspecified atom stereocenters. The molecule has 194 valence electrons. The van der Waals surface area contributed by atoms with Crippen molar-refractivity contribution in [3.8, 4) is 34.4 Å². The molecule has 1 aliphatic heterocycles. The first-order chi connectivity index (χ1) is 18.5. The Hall–Kier alpha value is -4.33. The zero-order valence-electron chi connectivity index (χ0n) is 21.1. The lowest BCUT2D eigenvalue weighted by Crippen LogP contribution is -2.09. The fourth-order valence-electron chi connectivity index (χ4n) is 5.25. The fourth-order valence-corrected chi connectivity index (χ4v) is 5.25. The highest BCUT2D eigenvalue weighted by molar-refractivity contribution is 5.71. The van der Waals surface area contributed by atoms with Crippen LogP contribution in [0.4, 0.5) is 4.39 Å². The largest absolute Gasteiger partial charge is 0.492 e. The second kappa shape index (κ2) is 9.85. The Morgan fingerprint density at radius 2 is 1.95 bits per heavy atom. The van der Waals surface area contributed by atoms with Gasteiger partial charge < -0.3 is 23.5 Å². The fraction of sp³-hybridized carbons (Fsp3) is 0.267. The Morgan fingerprint density at radius 3 is 2.71 bits per heavy atom. The Kier molecular flexibility index (Phi) is 6.23. The molecule has 4 aromatic rings. The van der Waals surface area contributed by atoms with E-state index >= 15 is 4.39 Å². The summed E-state index contributed by atoms with van der Waals surface area (Å²) in [6.07, 6.45) is 4.76. The van der Waals surface area contributed by atoms with Crippen LogP contribution < -0.4 is 14.2 Å². The van der Waals surface area contributed by atoms with E-state index < -0.39 is 6.10 Å². The third-order valence-electron chi connectivity index (χ3n) is 7.18. The average Bonchev–Trinajstić information content (AvgIpc) is 3.65. The van der Waals surface area contributed by atoms with Gasteiger partial charge in [-0.1, -0.05) is 6.07 Å². The Bertz CT molecular complexity index is 1500. The van der Waals surface area contributed by atoms with E-state index in [4.69, 9.17) is 18.9 Å². The van der Waals surface area contributed by atoms with Crippen LogP contribution in [0.1, 0.15) is 41.6 Å². The molecule has 0 spiro atoms. The van der Waals surface area contributed by atoms with E-state index in [1.807, 2.05) is 60.3 Å². The SMILES string of the molecule is COC(=O)C[C@@H]1COc2cc(O[C@@H]3CCc4c(Oc5ccc(-c6nccn6C)cc5)ccc(F)c43)ccc21. The average molecular weight is 515 g/mol. The molecule has 7 nitrogen and oxygen atoms in total. The normalized spacial score (nSPS) is 17.4. The van der Waals surface area contributed by atoms with Crippen molar-refractivity contribution >= 4 is 5.97 Å². The molecule has 0 saturated carbocycles. The molecule has 0 radical (unpaired) electrons. The Labute approximate surface area is 219 Å². The molecule has 0 amide bonds. The van der Waals surface area contributed by atoms with Gasteiger partial charge in [-0.15, -0.1) is 0 Å². The van der Waals surface area contributed by atoms with Crippen LogP contribution in [0.25, 0.3) is 11.4 Å². The number of aryl methyl sites for hydroxylation is 1. The van der Waals surface area contributed by atoms with E-state index in [0.717, 1.165) is 22.5 Å². The van der Waals surface area contributed by atoms with Gasteiger partial charge in [0.15, 0.2) is 0 Å². The van der Waals surface area contributed by atoms with Gasteiger partial charge in [-0.05, 0) is 55.3 Å². The summed E-state index contributed by atoms with van der Waals surface area (Å²) in [7, 11) is 3.33. The Balaban J connectivity index is 1.19. The number of ether oxygens (including phenoxy) is 4. The molecule has 0 bridgehead atoms. The number of nitrogens with zero attached hydrogens (tertiary/aromatic N) is 2. The van der Waals surface area contributed by atoms with E-state index in [-0.39, 0.29) is 24.1 Å². The minimum absolute atomic E-state index is 0.0475. The second-order valence-corrected chi connectivity index (χ2v) is 9.56. The molecule has 2 heterocycles. The number of esters is 1. The van der Waals surface area contributed by atoms with Crippen LogP contribution in [-0.2, 0) is 23.0 Å². The number of benzene rings is 3. The lowest BCUT2D eigenvalue weighted by Gasteiger charge is -2.17. The summed E-state index contributed by atoms with van der Waals surface area (Å²) in [5.41, 5.74) is 3.28. The number of hydrogen-bond donors (Lipinski definition) is 0. The van der Waals surface area contributed by atoms with Crippen molar-refractivity contribution in [3.63, 3.8) is 0 Å². The molecule has 8 heteroatoms. The van der Waals surface area contributed by atoms with E-state index in [0.29, 0.717) is 48.0 Å². The third-order valence-corrected chi connectivity index (χ3v) is 7.18. The lowest BCUT2D eigenvalue weighted by molar-refractivity contribution is -0.141. The topological polar surface area (TPSA) is 71.8 Å². The first kappa shape index (κ1) is 24.0. The summed E-state index contributed by atoms with van der Waals surface area (Å²) in [4.78, 5) is 16.1. The minimum Gasteiger partial charge on any atom is -0.492 e. The first-order valence-electron chi connectivity index (χ1n) is 12.6. The van der Waals surface area contributed by atoms with Crippen molar-refractivity contribution in [2.75, 3.05) is 13.7 Å². The third kappa shape index (κ3) is 4.47.